The van der Waals surface area contributed by atoms with Crippen molar-refractivity contribution >= 4 is 0 Å². The predicted molar refractivity (Wildman–Crippen MR) is 64.7 cm³/mol. The molecule has 1 aromatic rings. The van der Waals surface area contributed by atoms with Crippen molar-refractivity contribution in [1.29, 1.82) is 0 Å². The van der Waals surface area contributed by atoms with E-state index >= 15 is 0 Å². The van der Waals surface area contributed by atoms with Gasteiger partial charge in [-0.05, 0) is 37.5 Å². The molecule has 0 aliphatic carbocycles. The standard InChI is InChI=1S/C13H19FN2O/c1-10(15)13(16-8-2-3-9-17-16)11-4-6-12(14)7-5-11/h4-7,10,13H,2-3,8-9,15H2,1H3. The SMILES string of the molecule is CC(N)C(c1ccc(F)cc1)N1CCCCO1. The number of hydrogen-bond donors (Lipinski definition) is 1. The first kappa shape index (κ1) is 12.5. The van der Waals surface area contributed by atoms with E-state index < -0.39 is 0 Å². The first-order valence-electron chi connectivity index (χ1n) is 6.09. The lowest BCUT2D eigenvalue weighted by Gasteiger charge is -2.36. The molecule has 1 aromatic carbocycles. The first-order valence-corrected chi connectivity index (χ1v) is 6.09. The molecule has 2 rings (SSSR count). The molecule has 94 valence electrons. The van der Waals surface area contributed by atoms with Gasteiger partial charge >= 0.3 is 0 Å². The minimum atomic E-state index is -0.225. The van der Waals surface area contributed by atoms with Crippen LogP contribution in [0.15, 0.2) is 24.3 Å². The quantitative estimate of drug-likeness (QED) is 0.877. The maximum absolute atomic E-state index is 12.9. The molecule has 1 aliphatic heterocycles. The minimum absolute atomic E-state index is 0.00380. The van der Waals surface area contributed by atoms with Crippen LogP contribution in [0.3, 0.4) is 0 Å². The molecule has 2 atom stereocenters. The molecule has 1 saturated heterocycles. The van der Waals surface area contributed by atoms with E-state index in [1.807, 2.05) is 12.0 Å². The van der Waals surface area contributed by atoms with Crippen molar-refractivity contribution in [2.75, 3.05) is 13.2 Å². The van der Waals surface area contributed by atoms with Gasteiger partial charge in [-0.15, -0.1) is 0 Å². The molecule has 0 saturated carbocycles. The van der Waals surface area contributed by atoms with Gasteiger partial charge in [0, 0.05) is 12.6 Å². The second-order valence-corrected chi connectivity index (χ2v) is 4.54. The summed E-state index contributed by atoms with van der Waals surface area (Å²) in [6, 6.07) is 6.43. The Morgan fingerprint density at radius 2 is 2.00 bits per heavy atom. The maximum atomic E-state index is 12.9. The molecule has 2 unspecified atom stereocenters. The van der Waals surface area contributed by atoms with Gasteiger partial charge in [-0.1, -0.05) is 12.1 Å². The Kier molecular flexibility index (Phi) is 4.10. The Bertz CT molecular complexity index is 347. The van der Waals surface area contributed by atoms with Gasteiger partial charge in [-0.25, -0.2) is 4.39 Å². The summed E-state index contributed by atoms with van der Waals surface area (Å²) in [5.41, 5.74) is 7.03. The Balaban J connectivity index is 2.18. The summed E-state index contributed by atoms with van der Waals surface area (Å²) < 4.78 is 12.9. The largest absolute Gasteiger partial charge is 0.326 e. The Morgan fingerprint density at radius 1 is 1.29 bits per heavy atom. The number of hydroxylamine groups is 2. The van der Waals surface area contributed by atoms with Crippen LogP contribution in [0.25, 0.3) is 0 Å². The Labute approximate surface area is 101 Å². The van der Waals surface area contributed by atoms with Gasteiger partial charge in [0.25, 0.3) is 0 Å². The van der Waals surface area contributed by atoms with E-state index in [4.69, 9.17) is 10.6 Å². The zero-order valence-electron chi connectivity index (χ0n) is 10.1. The fourth-order valence-corrected chi connectivity index (χ4v) is 2.23. The molecule has 0 aromatic heterocycles. The predicted octanol–water partition coefficient (Wildman–Crippen LogP) is 2.24. The fourth-order valence-electron chi connectivity index (χ4n) is 2.23. The lowest BCUT2D eigenvalue weighted by molar-refractivity contribution is -0.211. The van der Waals surface area contributed by atoms with Crippen molar-refractivity contribution < 1.29 is 9.23 Å². The summed E-state index contributed by atoms with van der Waals surface area (Å²) >= 11 is 0. The summed E-state index contributed by atoms with van der Waals surface area (Å²) in [7, 11) is 0. The van der Waals surface area contributed by atoms with Gasteiger partial charge in [0.2, 0.25) is 0 Å². The first-order chi connectivity index (χ1) is 8.18. The maximum Gasteiger partial charge on any atom is 0.123 e. The van der Waals surface area contributed by atoms with Crippen LogP contribution < -0.4 is 5.73 Å². The van der Waals surface area contributed by atoms with Crippen molar-refractivity contribution in [2.45, 2.75) is 31.8 Å². The van der Waals surface area contributed by atoms with Gasteiger partial charge in [-0.2, -0.15) is 5.06 Å². The van der Waals surface area contributed by atoms with Crippen LogP contribution in [0.5, 0.6) is 0 Å². The summed E-state index contributed by atoms with van der Waals surface area (Å²) in [6.07, 6.45) is 2.20. The van der Waals surface area contributed by atoms with Crippen LogP contribution in [0, 0.1) is 5.82 Å². The normalized spacial score (nSPS) is 21.1. The molecule has 0 amide bonds. The lowest BCUT2D eigenvalue weighted by Crippen LogP contribution is -2.42. The van der Waals surface area contributed by atoms with Crippen molar-refractivity contribution in [3.05, 3.63) is 35.6 Å². The fraction of sp³-hybridized carbons (Fsp3) is 0.538. The smallest absolute Gasteiger partial charge is 0.123 e. The second-order valence-electron chi connectivity index (χ2n) is 4.54. The highest BCUT2D eigenvalue weighted by Gasteiger charge is 2.26. The number of halogens is 1. The van der Waals surface area contributed by atoms with Crippen LogP contribution >= 0.6 is 0 Å². The highest BCUT2D eigenvalue weighted by atomic mass is 19.1. The summed E-state index contributed by atoms with van der Waals surface area (Å²) in [6.45, 7) is 3.57. The molecule has 1 heterocycles. The van der Waals surface area contributed by atoms with Gasteiger partial charge < -0.3 is 5.73 Å². The van der Waals surface area contributed by atoms with E-state index in [0.29, 0.717) is 0 Å². The summed E-state index contributed by atoms with van der Waals surface area (Å²) in [5, 5.41) is 1.93. The van der Waals surface area contributed by atoms with Crippen molar-refractivity contribution in [2.24, 2.45) is 5.73 Å². The van der Waals surface area contributed by atoms with E-state index in [9.17, 15) is 4.39 Å². The van der Waals surface area contributed by atoms with Gasteiger partial charge in [-0.3, -0.25) is 4.84 Å². The average Bonchev–Trinajstić information content (AvgIpc) is 2.33. The van der Waals surface area contributed by atoms with E-state index in [1.54, 1.807) is 12.1 Å². The molecule has 1 fully saturated rings. The van der Waals surface area contributed by atoms with Crippen molar-refractivity contribution in [1.82, 2.24) is 5.06 Å². The van der Waals surface area contributed by atoms with E-state index in [2.05, 4.69) is 0 Å². The van der Waals surface area contributed by atoms with Crippen molar-refractivity contribution in [3.8, 4) is 0 Å². The summed E-state index contributed by atoms with van der Waals surface area (Å²) in [5.74, 6) is -0.225. The van der Waals surface area contributed by atoms with Gasteiger partial charge in [0.1, 0.15) is 5.82 Å². The average molecular weight is 238 g/mol. The molecule has 1 aliphatic rings. The molecule has 0 bridgehead atoms. The topological polar surface area (TPSA) is 38.5 Å². The Hall–Kier alpha value is -0.970. The van der Waals surface area contributed by atoms with Crippen LogP contribution in [-0.4, -0.2) is 24.3 Å². The number of benzene rings is 1. The van der Waals surface area contributed by atoms with Gasteiger partial charge in [0.05, 0.1) is 12.6 Å². The zero-order valence-corrected chi connectivity index (χ0v) is 10.1. The van der Waals surface area contributed by atoms with Gasteiger partial charge in [0.15, 0.2) is 0 Å². The van der Waals surface area contributed by atoms with Crippen LogP contribution in [0.2, 0.25) is 0 Å². The zero-order chi connectivity index (χ0) is 12.3. The third kappa shape index (κ3) is 3.03. The number of hydrogen-bond acceptors (Lipinski definition) is 3. The molecule has 0 spiro atoms. The molecule has 17 heavy (non-hydrogen) atoms. The van der Waals surface area contributed by atoms with Crippen LogP contribution in [-0.2, 0) is 4.84 Å². The molecule has 0 radical (unpaired) electrons. The lowest BCUT2D eigenvalue weighted by atomic mass is 10.00. The molecular formula is C13H19FN2O. The summed E-state index contributed by atoms with van der Waals surface area (Å²) in [4.78, 5) is 5.65. The van der Waals surface area contributed by atoms with E-state index in [-0.39, 0.29) is 17.9 Å². The third-order valence-corrected chi connectivity index (χ3v) is 3.05. The molecule has 2 N–H and O–H groups in total. The molecule has 4 heteroatoms. The van der Waals surface area contributed by atoms with Crippen LogP contribution in [0.4, 0.5) is 4.39 Å². The van der Waals surface area contributed by atoms with Crippen molar-refractivity contribution in [3.63, 3.8) is 0 Å². The number of rotatable bonds is 3. The van der Waals surface area contributed by atoms with Crippen LogP contribution in [0.1, 0.15) is 31.4 Å². The Morgan fingerprint density at radius 3 is 2.53 bits per heavy atom. The second kappa shape index (κ2) is 5.58. The minimum Gasteiger partial charge on any atom is -0.326 e. The molecule has 3 nitrogen and oxygen atoms in total. The van der Waals surface area contributed by atoms with E-state index in [1.165, 1.54) is 12.1 Å². The third-order valence-electron chi connectivity index (χ3n) is 3.05. The molecular weight excluding hydrogens is 219 g/mol. The van der Waals surface area contributed by atoms with E-state index in [0.717, 1.165) is 31.6 Å². The monoisotopic (exact) mass is 238 g/mol. The highest BCUT2D eigenvalue weighted by molar-refractivity contribution is 5.21. The number of nitrogens with two attached hydrogens (primary N) is 1. The number of nitrogens with zero attached hydrogens (tertiary/aromatic N) is 1. The highest BCUT2D eigenvalue weighted by Crippen LogP contribution is 2.26.